The Labute approximate surface area is 72.6 Å². The lowest BCUT2D eigenvalue weighted by Crippen LogP contribution is -2.28. The predicted octanol–water partition coefficient (Wildman–Crippen LogP) is 0.738. The van der Waals surface area contributed by atoms with Crippen LogP contribution < -0.4 is 5.32 Å². The lowest BCUT2D eigenvalue weighted by molar-refractivity contribution is -0.143. The van der Waals surface area contributed by atoms with Crippen molar-refractivity contribution in [2.75, 3.05) is 13.1 Å². The summed E-state index contributed by atoms with van der Waals surface area (Å²) in [5.74, 6) is -0.900. The summed E-state index contributed by atoms with van der Waals surface area (Å²) in [6.45, 7) is 5.38. The monoisotopic (exact) mass is 179 g/mol. The van der Waals surface area contributed by atoms with Gasteiger partial charge in [-0.3, -0.25) is 4.79 Å². The number of carbonyl (C=O) groups is 1. The maximum absolute atomic E-state index is 10.6. The molecule has 0 aromatic rings. The number of nitrogens with one attached hydrogen (secondary N) is 1. The fourth-order valence-corrected chi connectivity index (χ4v) is 1.36. The lowest BCUT2D eigenvalue weighted by Gasteiger charge is -2.21. The summed E-state index contributed by atoms with van der Waals surface area (Å²) in [4.78, 5) is 10.6. The molecule has 1 aliphatic heterocycles. The third kappa shape index (κ3) is 2.07. The van der Waals surface area contributed by atoms with Crippen molar-refractivity contribution in [1.29, 1.82) is 0 Å². The molecule has 4 heteroatoms. The summed E-state index contributed by atoms with van der Waals surface area (Å²) < 4.78 is 0. The number of hydrogen-bond donors (Lipinski definition) is 2. The highest BCUT2D eigenvalue weighted by Crippen LogP contribution is 2.29. The number of aliphatic carboxylic acids is 1. The maximum Gasteiger partial charge on any atom is 0.308 e. The van der Waals surface area contributed by atoms with Crippen LogP contribution in [-0.2, 0) is 4.79 Å². The smallest absolute Gasteiger partial charge is 0.308 e. The van der Waals surface area contributed by atoms with Crippen LogP contribution in [0.2, 0.25) is 0 Å². The van der Waals surface area contributed by atoms with Gasteiger partial charge in [0.05, 0.1) is 5.92 Å². The van der Waals surface area contributed by atoms with Gasteiger partial charge in [0.1, 0.15) is 0 Å². The van der Waals surface area contributed by atoms with Crippen LogP contribution in [-0.4, -0.2) is 24.2 Å². The van der Waals surface area contributed by atoms with E-state index in [-0.39, 0.29) is 23.7 Å². The first kappa shape index (κ1) is 10.7. The average molecular weight is 180 g/mol. The summed E-state index contributed by atoms with van der Waals surface area (Å²) in [6.07, 6.45) is 0. The molecule has 1 aliphatic rings. The number of halogens is 1. The van der Waals surface area contributed by atoms with Crippen LogP contribution in [0.3, 0.4) is 0 Å². The van der Waals surface area contributed by atoms with Gasteiger partial charge in [0.25, 0.3) is 0 Å². The van der Waals surface area contributed by atoms with Gasteiger partial charge in [0, 0.05) is 13.1 Å². The fraction of sp³-hybridized carbons (Fsp3) is 0.857. The van der Waals surface area contributed by atoms with Crippen molar-refractivity contribution >= 4 is 18.4 Å². The molecule has 66 valence electrons. The van der Waals surface area contributed by atoms with Gasteiger partial charge in [-0.2, -0.15) is 0 Å². The van der Waals surface area contributed by atoms with Crippen molar-refractivity contribution in [2.45, 2.75) is 13.8 Å². The van der Waals surface area contributed by atoms with Gasteiger partial charge in [0.15, 0.2) is 0 Å². The van der Waals surface area contributed by atoms with E-state index in [1.165, 1.54) is 0 Å². The van der Waals surface area contributed by atoms with Crippen LogP contribution in [0.15, 0.2) is 0 Å². The molecule has 1 saturated heterocycles. The number of rotatable bonds is 1. The summed E-state index contributed by atoms with van der Waals surface area (Å²) >= 11 is 0. The Morgan fingerprint density at radius 3 is 2.36 bits per heavy atom. The molecular weight excluding hydrogens is 166 g/mol. The van der Waals surface area contributed by atoms with E-state index in [2.05, 4.69) is 5.32 Å². The zero-order valence-electron chi connectivity index (χ0n) is 6.76. The van der Waals surface area contributed by atoms with Crippen molar-refractivity contribution in [3.8, 4) is 0 Å². The van der Waals surface area contributed by atoms with Gasteiger partial charge in [-0.15, -0.1) is 12.4 Å². The second-order valence-corrected chi connectivity index (χ2v) is 3.51. The standard InChI is InChI=1S/C7H13NO2.ClH/c1-7(2)4-8-3-5(7)6(9)10;/h5,8H,3-4H2,1-2H3,(H,9,10);1H. The minimum atomic E-state index is -0.685. The van der Waals surface area contributed by atoms with E-state index in [1.807, 2.05) is 13.8 Å². The molecular formula is C7H14ClNO2. The van der Waals surface area contributed by atoms with Crippen LogP contribution in [0, 0.1) is 11.3 Å². The van der Waals surface area contributed by atoms with E-state index < -0.39 is 5.97 Å². The van der Waals surface area contributed by atoms with Crippen molar-refractivity contribution in [3.63, 3.8) is 0 Å². The third-order valence-corrected chi connectivity index (χ3v) is 2.17. The van der Waals surface area contributed by atoms with Crippen molar-refractivity contribution in [2.24, 2.45) is 11.3 Å². The quantitative estimate of drug-likeness (QED) is 0.624. The zero-order valence-corrected chi connectivity index (χ0v) is 7.57. The molecule has 0 bridgehead atoms. The Morgan fingerprint density at radius 2 is 2.18 bits per heavy atom. The first-order valence-electron chi connectivity index (χ1n) is 3.47. The first-order chi connectivity index (χ1) is 4.54. The molecule has 1 unspecified atom stereocenters. The molecule has 0 aromatic heterocycles. The Balaban J connectivity index is 0.000001000. The molecule has 0 spiro atoms. The predicted molar refractivity (Wildman–Crippen MR) is 45.0 cm³/mol. The summed E-state index contributed by atoms with van der Waals surface area (Å²) in [6, 6.07) is 0. The molecule has 0 saturated carbocycles. The van der Waals surface area contributed by atoms with E-state index >= 15 is 0 Å². The van der Waals surface area contributed by atoms with Crippen LogP contribution in [0.25, 0.3) is 0 Å². The Bertz CT molecular complexity index is 159. The van der Waals surface area contributed by atoms with Gasteiger partial charge < -0.3 is 10.4 Å². The molecule has 0 radical (unpaired) electrons. The molecule has 0 amide bonds. The summed E-state index contributed by atoms with van der Waals surface area (Å²) in [5.41, 5.74) is -0.0775. The first-order valence-corrected chi connectivity index (χ1v) is 3.47. The Hall–Kier alpha value is -0.280. The molecule has 0 aromatic carbocycles. The van der Waals surface area contributed by atoms with E-state index in [0.717, 1.165) is 6.54 Å². The fourth-order valence-electron chi connectivity index (χ4n) is 1.36. The average Bonchev–Trinajstić information content (AvgIpc) is 2.08. The maximum atomic E-state index is 10.6. The minimum absolute atomic E-state index is 0. The van der Waals surface area contributed by atoms with Crippen molar-refractivity contribution in [1.82, 2.24) is 5.32 Å². The van der Waals surface area contributed by atoms with Crippen LogP contribution in [0.1, 0.15) is 13.8 Å². The molecule has 11 heavy (non-hydrogen) atoms. The molecule has 1 fully saturated rings. The van der Waals surface area contributed by atoms with Crippen LogP contribution >= 0.6 is 12.4 Å². The molecule has 1 rings (SSSR count). The van der Waals surface area contributed by atoms with E-state index in [9.17, 15) is 4.79 Å². The van der Waals surface area contributed by atoms with Gasteiger partial charge in [-0.1, -0.05) is 13.8 Å². The molecule has 1 atom stereocenters. The number of hydrogen-bond acceptors (Lipinski definition) is 2. The molecule has 3 nitrogen and oxygen atoms in total. The van der Waals surface area contributed by atoms with E-state index in [4.69, 9.17) is 5.11 Å². The highest BCUT2D eigenvalue weighted by molar-refractivity contribution is 5.85. The number of carboxylic acids is 1. The van der Waals surface area contributed by atoms with Crippen LogP contribution in [0.5, 0.6) is 0 Å². The zero-order chi connectivity index (χ0) is 7.78. The van der Waals surface area contributed by atoms with E-state index in [1.54, 1.807) is 0 Å². The highest BCUT2D eigenvalue weighted by atomic mass is 35.5. The summed E-state index contributed by atoms with van der Waals surface area (Å²) in [5, 5.41) is 11.8. The molecule has 1 heterocycles. The second kappa shape index (κ2) is 3.41. The molecule has 0 aliphatic carbocycles. The third-order valence-electron chi connectivity index (χ3n) is 2.17. The van der Waals surface area contributed by atoms with Gasteiger partial charge in [-0.25, -0.2) is 0 Å². The Kier molecular flexibility index (Phi) is 3.32. The molecule has 2 N–H and O–H groups in total. The van der Waals surface area contributed by atoms with Crippen molar-refractivity contribution in [3.05, 3.63) is 0 Å². The second-order valence-electron chi connectivity index (χ2n) is 3.51. The van der Waals surface area contributed by atoms with Gasteiger partial charge >= 0.3 is 5.97 Å². The Morgan fingerprint density at radius 1 is 1.64 bits per heavy atom. The van der Waals surface area contributed by atoms with Crippen molar-refractivity contribution < 1.29 is 9.90 Å². The van der Waals surface area contributed by atoms with E-state index in [0.29, 0.717) is 6.54 Å². The lowest BCUT2D eigenvalue weighted by atomic mass is 9.82. The normalized spacial score (nSPS) is 27.6. The topological polar surface area (TPSA) is 49.3 Å². The van der Waals surface area contributed by atoms with Gasteiger partial charge in [0.2, 0.25) is 0 Å². The highest BCUT2D eigenvalue weighted by Gasteiger charge is 2.39. The largest absolute Gasteiger partial charge is 0.481 e. The number of carboxylic acid groups (broad SMARTS) is 1. The SMILES string of the molecule is CC1(C)CNCC1C(=O)O.Cl. The van der Waals surface area contributed by atoms with Crippen LogP contribution in [0.4, 0.5) is 0 Å². The van der Waals surface area contributed by atoms with Gasteiger partial charge in [-0.05, 0) is 5.41 Å². The minimum Gasteiger partial charge on any atom is -0.481 e. The summed E-state index contributed by atoms with van der Waals surface area (Å²) in [7, 11) is 0.